The summed E-state index contributed by atoms with van der Waals surface area (Å²) in [4.78, 5) is 12.8. The van der Waals surface area contributed by atoms with Crippen LogP contribution in [0.3, 0.4) is 0 Å². The maximum absolute atomic E-state index is 12.2. The molecular formula is C17H16F3N5O. The summed E-state index contributed by atoms with van der Waals surface area (Å²) in [5, 5.41) is 3.18. The molecule has 1 atom stereocenters. The van der Waals surface area contributed by atoms with Crippen LogP contribution in [0.25, 0.3) is 5.82 Å². The first kappa shape index (κ1) is 17.7. The lowest BCUT2D eigenvalue weighted by Gasteiger charge is -2.16. The van der Waals surface area contributed by atoms with Crippen LogP contribution in [0.15, 0.2) is 49.1 Å². The Morgan fingerprint density at radius 1 is 1.15 bits per heavy atom. The number of hydrogen-bond donors (Lipinski definition) is 1. The number of anilines is 1. The van der Waals surface area contributed by atoms with Gasteiger partial charge in [-0.1, -0.05) is 12.1 Å². The molecule has 0 aliphatic heterocycles. The van der Waals surface area contributed by atoms with E-state index in [1.54, 1.807) is 41.5 Å². The summed E-state index contributed by atoms with van der Waals surface area (Å²) in [6.07, 6.45) is 1.95. The molecule has 26 heavy (non-hydrogen) atoms. The highest BCUT2D eigenvalue weighted by molar-refractivity contribution is 5.40. The molecule has 0 bridgehead atoms. The number of aryl methyl sites for hydroxylation is 1. The van der Waals surface area contributed by atoms with Crippen LogP contribution >= 0.6 is 0 Å². The van der Waals surface area contributed by atoms with E-state index in [1.165, 1.54) is 12.1 Å². The molecule has 2 heterocycles. The van der Waals surface area contributed by atoms with Crippen molar-refractivity contribution in [2.45, 2.75) is 26.3 Å². The van der Waals surface area contributed by atoms with E-state index in [0.29, 0.717) is 11.6 Å². The third kappa shape index (κ3) is 4.29. The van der Waals surface area contributed by atoms with E-state index in [9.17, 15) is 13.2 Å². The van der Waals surface area contributed by atoms with Crippen LogP contribution in [0.2, 0.25) is 0 Å². The van der Waals surface area contributed by atoms with E-state index in [4.69, 9.17) is 0 Å². The van der Waals surface area contributed by atoms with E-state index < -0.39 is 6.36 Å². The summed E-state index contributed by atoms with van der Waals surface area (Å²) in [5.74, 6) is 1.68. The van der Waals surface area contributed by atoms with Gasteiger partial charge >= 0.3 is 6.36 Å². The predicted octanol–water partition coefficient (Wildman–Crippen LogP) is 4.04. The lowest BCUT2D eigenvalue weighted by molar-refractivity contribution is -0.274. The molecule has 0 aliphatic rings. The number of halogens is 3. The highest BCUT2D eigenvalue weighted by Crippen LogP contribution is 2.25. The minimum absolute atomic E-state index is 0.191. The van der Waals surface area contributed by atoms with Crippen molar-refractivity contribution >= 4 is 5.82 Å². The van der Waals surface area contributed by atoms with Crippen LogP contribution in [-0.4, -0.2) is 25.9 Å². The second-order valence-corrected chi connectivity index (χ2v) is 5.59. The molecule has 1 aromatic carbocycles. The SMILES string of the molecule is Cc1nccn1-c1cncc(N[C@@H](C)c2ccc(OC(F)(F)F)cc2)n1. The molecule has 3 rings (SSSR count). The van der Waals surface area contributed by atoms with Crippen molar-refractivity contribution in [2.24, 2.45) is 0 Å². The van der Waals surface area contributed by atoms with Crippen molar-refractivity contribution in [1.82, 2.24) is 19.5 Å². The first-order valence-electron chi connectivity index (χ1n) is 7.76. The molecule has 0 amide bonds. The van der Waals surface area contributed by atoms with Gasteiger partial charge < -0.3 is 10.1 Å². The lowest BCUT2D eigenvalue weighted by atomic mass is 10.1. The molecule has 9 heteroatoms. The van der Waals surface area contributed by atoms with Crippen LogP contribution in [0.5, 0.6) is 5.75 Å². The van der Waals surface area contributed by atoms with Crippen molar-refractivity contribution in [3.05, 3.63) is 60.4 Å². The summed E-state index contributed by atoms with van der Waals surface area (Å²) in [6, 6.07) is 5.49. The average molecular weight is 363 g/mol. The number of aromatic nitrogens is 4. The maximum atomic E-state index is 12.2. The van der Waals surface area contributed by atoms with Gasteiger partial charge in [0.25, 0.3) is 0 Å². The summed E-state index contributed by atoms with van der Waals surface area (Å²) < 4.78 is 42.3. The molecule has 136 valence electrons. The fourth-order valence-electron chi connectivity index (χ4n) is 2.42. The Kier molecular flexibility index (Phi) is 4.79. The number of nitrogens with zero attached hydrogens (tertiary/aromatic N) is 4. The third-order valence-corrected chi connectivity index (χ3v) is 3.67. The number of ether oxygens (including phenoxy) is 1. The maximum Gasteiger partial charge on any atom is 0.573 e. The molecule has 1 N–H and O–H groups in total. The molecule has 0 spiro atoms. The normalized spacial score (nSPS) is 12.7. The van der Waals surface area contributed by atoms with Gasteiger partial charge in [0.05, 0.1) is 12.4 Å². The molecule has 0 saturated carbocycles. The number of hydrogen-bond acceptors (Lipinski definition) is 5. The zero-order valence-corrected chi connectivity index (χ0v) is 14.0. The molecular weight excluding hydrogens is 347 g/mol. The minimum atomic E-state index is -4.70. The molecule has 6 nitrogen and oxygen atoms in total. The van der Waals surface area contributed by atoms with Gasteiger partial charge in [-0.05, 0) is 31.5 Å². The van der Waals surface area contributed by atoms with Crippen molar-refractivity contribution < 1.29 is 17.9 Å². The van der Waals surface area contributed by atoms with Crippen molar-refractivity contribution in [1.29, 1.82) is 0 Å². The molecule has 0 fully saturated rings. The van der Waals surface area contributed by atoms with Crippen LogP contribution in [0.1, 0.15) is 24.4 Å². The highest BCUT2D eigenvalue weighted by atomic mass is 19.4. The average Bonchev–Trinajstić information content (AvgIpc) is 3.00. The molecule has 2 aromatic heterocycles. The van der Waals surface area contributed by atoms with Crippen LogP contribution in [-0.2, 0) is 0 Å². The van der Waals surface area contributed by atoms with E-state index in [2.05, 4.69) is 25.0 Å². The van der Waals surface area contributed by atoms with Gasteiger partial charge in [0.15, 0.2) is 5.82 Å². The molecule has 0 unspecified atom stereocenters. The van der Waals surface area contributed by atoms with Gasteiger partial charge in [0.1, 0.15) is 17.4 Å². The lowest BCUT2D eigenvalue weighted by Crippen LogP contribution is -2.17. The zero-order chi connectivity index (χ0) is 18.7. The second-order valence-electron chi connectivity index (χ2n) is 5.59. The largest absolute Gasteiger partial charge is 0.573 e. The van der Waals surface area contributed by atoms with E-state index >= 15 is 0 Å². The van der Waals surface area contributed by atoms with Crippen molar-refractivity contribution in [3.63, 3.8) is 0 Å². The van der Waals surface area contributed by atoms with Crippen molar-refractivity contribution in [3.8, 4) is 11.6 Å². The summed E-state index contributed by atoms with van der Waals surface area (Å²) in [6.45, 7) is 3.73. The molecule has 3 aromatic rings. The van der Waals surface area contributed by atoms with Gasteiger partial charge in [0, 0.05) is 18.4 Å². The quantitative estimate of drug-likeness (QED) is 0.741. The number of imidazole rings is 1. The second kappa shape index (κ2) is 7.03. The number of benzene rings is 1. The molecule has 0 radical (unpaired) electrons. The summed E-state index contributed by atoms with van der Waals surface area (Å²) in [5.41, 5.74) is 0.783. The first-order valence-corrected chi connectivity index (χ1v) is 7.76. The minimum Gasteiger partial charge on any atom is -0.406 e. The number of alkyl halides is 3. The smallest absolute Gasteiger partial charge is 0.406 e. The van der Waals surface area contributed by atoms with E-state index in [-0.39, 0.29) is 11.8 Å². The summed E-state index contributed by atoms with van der Waals surface area (Å²) in [7, 11) is 0. The Morgan fingerprint density at radius 3 is 2.50 bits per heavy atom. The Labute approximate surface area is 147 Å². The number of rotatable bonds is 5. The number of nitrogens with one attached hydrogen (secondary N) is 1. The van der Waals surface area contributed by atoms with Crippen molar-refractivity contribution in [2.75, 3.05) is 5.32 Å². The fourth-order valence-corrected chi connectivity index (χ4v) is 2.42. The zero-order valence-electron chi connectivity index (χ0n) is 14.0. The molecule has 0 aliphatic carbocycles. The van der Waals surface area contributed by atoms with Gasteiger partial charge in [-0.3, -0.25) is 9.55 Å². The third-order valence-electron chi connectivity index (χ3n) is 3.67. The topological polar surface area (TPSA) is 64.9 Å². The van der Waals surface area contributed by atoms with E-state index in [0.717, 1.165) is 11.4 Å². The summed E-state index contributed by atoms with van der Waals surface area (Å²) >= 11 is 0. The van der Waals surface area contributed by atoms with Gasteiger partial charge in [-0.15, -0.1) is 13.2 Å². The van der Waals surface area contributed by atoms with Crippen LogP contribution < -0.4 is 10.1 Å². The molecule has 0 saturated heterocycles. The van der Waals surface area contributed by atoms with E-state index in [1.807, 2.05) is 13.8 Å². The van der Waals surface area contributed by atoms with Gasteiger partial charge in [-0.2, -0.15) is 0 Å². The van der Waals surface area contributed by atoms with Crippen LogP contribution in [0.4, 0.5) is 19.0 Å². The highest BCUT2D eigenvalue weighted by Gasteiger charge is 2.31. The van der Waals surface area contributed by atoms with Gasteiger partial charge in [0.2, 0.25) is 0 Å². The Bertz CT molecular complexity index is 877. The standard InChI is InChI=1S/C17H16F3N5O/c1-11(13-3-5-14(6-4-13)26-17(18,19)20)23-15-9-21-10-16(24-15)25-8-7-22-12(25)2/h3-11H,1-2H3,(H,23,24)/t11-/m0/s1. The first-order chi connectivity index (χ1) is 12.3. The Balaban J connectivity index is 1.72. The fraction of sp³-hybridized carbons (Fsp3) is 0.235. The Hall–Kier alpha value is -3.10. The Morgan fingerprint density at radius 2 is 1.88 bits per heavy atom. The predicted molar refractivity (Wildman–Crippen MR) is 89.1 cm³/mol. The van der Waals surface area contributed by atoms with Gasteiger partial charge in [-0.25, -0.2) is 9.97 Å². The monoisotopic (exact) mass is 363 g/mol. The van der Waals surface area contributed by atoms with Crippen LogP contribution in [0, 0.1) is 6.92 Å².